The fourth-order valence-electron chi connectivity index (χ4n) is 4.04. The number of nitrogens with one attached hydrogen (secondary N) is 1. The predicted molar refractivity (Wildman–Crippen MR) is 135 cm³/mol. The predicted octanol–water partition coefficient (Wildman–Crippen LogP) is 3.04. The van der Waals surface area contributed by atoms with Gasteiger partial charge in [-0.15, -0.1) is 0 Å². The molecular formula is C26H21FN8O2. The number of hydrogen-bond acceptors (Lipinski definition) is 7. The first-order valence-electron chi connectivity index (χ1n) is 11.4. The Morgan fingerprint density at radius 3 is 2.70 bits per heavy atom. The maximum atomic E-state index is 13.9. The number of aromatic nitrogens is 6. The summed E-state index contributed by atoms with van der Waals surface area (Å²) in [7, 11) is 1.81. The Hall–Kier alpha value is -5.11. The molecule has 0 fully saturated rings. The van der Waals surface area contributed by atoms with E-state index in [1.165, 1.54) is 29.0 Å². The van der Waals surface area contributed by atoms with E-state index in [0.717, 1.165) is 21.0 Å². The molecule has 0 aliphatic rings. The lowest BCUT2D eigenvalue weighted by atomic mass is 10.1. The Bertz CT molecular complexity index is 1810. The van der Waals surface area contributed by atoms with Crippen LogP contribution < -0.4 is 16.7 Å². The highest BCUT2D eigenvalue weighted by molar-refractivity contribution is 5.82. The number of benzene rings is 2. The monoisotopic (exact) mass is 496 g/mol. The molecule has 11 heteroatoms. The van der Waals surface area contributed by atoms with Crippen LogP contribution in [0.1, 0.15) is 23.6 Å². The molecule has 0 saturated heterocycles. The molecule has 5 rings (SSSR count). The molecule has 2 aromatic carbocycles. The Balaban J connectivity index is 1.66. The van der Waals surface area contributed by atoms with Gasteiger partial charge >= 0.3 is 11.4 Å². The molecule has 0 spiro atoms. The van der Waals surface area contributed by atoms with E-state index in [2.05, 4.69) is 20.4 Å². The van der Waals surface area contributed by atoms with E-state index in [1.807, 2.05) is 32.3 Å². The minimum absolute atomic E-state index is 0.00284. The van der Waals surface area contributed by atoms with Crippen LogP contribution in [0.15, 0.2) is 70.6 Å². The summed E-state index contributed by atoms with van der Waals surface area (Å²) in [5, 5.41) is 17.5. The van der Waals surface area contributed by atoms with Crippen LogP contribution in [0, 0.1) is 17.1 Å². The lowest BCUT2D eigenvalue weighted by Crippen LogP contribution is -2.41. The van der Waals surface area contributed by atoms with Gasteiger partial charge in [-0.2, -0.15) is 15.3 Å². The molecule has 0 radical (unpaired) electrons. The van der Waals surface area contributed by atoms with Crippen molar-refractivity contribution in [3.05, 3.63) is 105 Å². The van der Waals surface area contributed by atoms with Gasteiger partial charge in [0, 0.05) is 30.5 Å². The molecule has 0 aliphatic carbocycles. The Labute approximate surface area is 209 Å². The molecule has 37 heavy (non-hydrogen) atoms. The molecule has 3 aromatic heterocycles. The summed E-state index contributed by atoms with van der Waals surface area (Å²) in [6, 6.07) is 12.9. The van der Waals surface area contributed by atoms with E-state index in [0.29, 0.717) is 17.7 Å². The molecule has 3 heterocycles. The number of anilines is 2. The van der Waals surface area contributed by atoms with Gasteiger partial charge in [-0.25, -0.2) is 18.5 Å². The first kappa shape index (κ1) is 23.6. The standard InChI is InChI=1S/C26H21FN8O2/c1-3-16-9-21(13-29-12-16)35-25(36)31-24(30-20-5-7-23-19(10-20)15-33(2)32-23)34(26(35)37)14-17-4-6-22(27)18(8-17)11-28/h4-10,12-13,15H,3,14H2,1-2H3,(H,30,31,36). The van der Waals surface area contributed by atoms with Crippen molar-refractivity contribution in [3.63, 3.8) is 0 Å². The number of aryl methyl sites for hydroxylation is 2. The van der Waals surface area contributed by atoms with Crippen LogP contribution in [-0.2, 0) is 20.0 Å². The molecule has 184 valence electrons. The van der Waals surface area contributed by atoms with Crippen molar-refractivity contribution >= 4 is 22.5 Å². The van der Waals surface area contributed by atoms with Crippen LogP contribution in [0.3, 0.4) is 0 Å². The van der Waals surface area contributed by atoms with E-state index >= 15 is 0 Å². The highest BCUT2D eigenvalue weighted by Crippen LogP contribution is 2.21. The van der Waals surface area contributed by atoms with Crippen LogP contribution in [0.2, 0.25) is 0 Å². The van der Waals surface area contributed by atoms with Crippen LogP contribution in [0.4, 0.5) is 16.0 Å². The van der Waals surface area contributed by atoms with E-state index in [1.54, 1.807) is 29.1 Å². The molecule has 0 amide bonds. The summed E-state index contributed by atoms with van der Waals surface area (Å²) in [5.74, 6) is -0.663. The first-order valence-corrected chi connectivity index (χ1v) is 11.4. The van der Waals surface area contributed by atoms with Crippen LogP contribution in [0.25, 0.3) is 16.6 Å². The highest BCUT2D eigenvalue weighted by Gasteiger charge is 2.17. The summed E-state index contributed by atoms with van der Waals surface area (Å²) >= 11 is 0. The van der Waals surface area contributed by atoms with Crippen molar-refractivity contribution < 1.29 is 4.39 Å². The Morgan fingerprint density at radius 2 is 1.92 bits per heavy atom. The van der Waals surface area contributed by atoms with Crippen molar-refractivity contribution in [2.45, 2.75) is 19.9 Å². The molecule has 1 N–H and O–H groups in total. The van der Waals surface area contributed by atoms with E-state index in [4.69, 9.17) is 0 Å². The maximum absolute atomic E-state index is 13.9. The maximum Gasteiger partial charge on any atom is 0.359 e. The first-order chi connectivity index (χ1) is 17.9. The third kappa shape index (κ3) is 4.60. The SMILES string of the molecule is CCc1cncc(-n2c(=O)nc(Nc3ccc4nn(C)cc4c3)n(Cc3ccc(F)c(C#N)c3)c2=O)c1. The van der Waals surface area contributed by atoms with E-state index in [-0.39, 0.29) is 23.7 Å². The van der Waals surface area contributed by atoms with Crippen molar-refractivity contribution in [3.8, 4) is 11.8 Å². The minimum atomic E-state index is -0.780. The summed E-state index contributed by atoms with van der Waals surface area (Å²) in [4.78, 5) is 35.1. The Kier molecular flexibility index (Phi) is 6.07. The normalized spacial score (nSPS) is 11.0. The average molecular weight is 497 g/mol. The van der Waals surface area contributed by atoms with Crippen LogP contribution >= 0.6 is 0 Å². The number of nitriles is 1. The molecule has 0 atom stereocenters. The molecular weight excluding hydrogens is 475 g/mol. The molecule has 10 nitrogen and oxygen atoms in total. The summed E-state index contributed by atoms with van der Waals surface area (Å²) < 4.78 is 17.8. The second-order valence-corrected chi connectivity index (χ2v) is 8.45. The van der Waals surface area contributed by atoms with Crippen molar-refractivity contribution in [1.29, 1.82) is 5.26 Å². The van der Waals surface area contributed by atoms with Gasteiger partial charge in [0.15, 0.2) is 0 Å². The van der Waals surface area contributed by atoms with Gasteiger partial charge in [0.1, 0.15) is 11.9 Å². The zero-order valence-corrected chi connectivity index (χ0v) is 20.0. The molecule has 0 aliphatic heterocycles. The number of hydrogen-bond donors (Lipinski definition) is 1. The summed E-state index contributed by atoms with van der Waals surface area (Å²) in [5.41, 5.74) is 1.40. The van der Waals surface area contributed by atoms with Gasteiger partial charge < -0.3 is 5.32 Å². The quantitative estimate of drug-likeness (QED) is 0.383. The van der Waals surface area contributed by atoms with E-state index < -0.39 is 17.2 Å². The zero-order valence-electron chi connectivity index (χ0n) is 20.0. The number of fused-ring (bicyclic) bond motifs is 1. The minimum Gasteiger partial charge on any atom is -0.325 e. The van der Waals surface area contributed by atoms with Gasteiger partial charge in [0.2, 0.25) is 5.95 Å². The van der Waals surface area contributed by atoms with Crippen molar-refractivity contribution in [2.24, 2.45) is 7.05 Å². The molecule has 0 saturated carbocycles. The lowest BCUT2D eigenvalue weighted by Gasteiger charge is -2.16. The molecule has 0 bridgehead atoms. The number of halogens is 1. The van der Waals surface area contributed by atoms with Gasteiger partial charge in [-0.1, -0.05) is 13.0 Å². The second-order valence-electron chi connectivity index (χ2n) is 8.45. The van der Waals surface area contributed by atoms with Crippen molar-refractivity contribution in [1.82, 2.24) is 28.9 Å². The topological polar surface area (TPSA) is 123 Å². The van der Waals surface area contributed by atoms with Gasteiger partial charge in [-0.05, 0) is 53.9 Å². The molecule has 5 aromatic rings. The third-order valence-corrected chi connectivity index (χ3v) is 5.88. The lowest BCUT2D eigenvalue weighted by molar-refractivity contribution is 0.620. The highest BCUT2D eigenvalue weighted by atomic mass is 19.1. The average Bonchev–Trinajstić information content (AvgIpc) is 3.26. The Morgan fingerprint density at radius 1 is 1.08 bits per heavy atom. The largest absolute Gasteiger partial charge is 0.359 e. The second kappa shape index (κ2) is 9.50. The van der Waals surface area contributed by atoms with Gasteiger partial charge in [-0.3, -0.25) is 14.2 Å². The van der Waals surface area contributed by atoms with Crippen LogP contribution in [-0.4, -0.2) is 28.9 Å². The van der Waals surface area contributed by atoms with Gasteiger partial charge in [0.05, 0.1) is 29.5 Å². The number of pyridine rings is 1. The van der Waals surface area contributed by atoms with Gasteiger partial charge in [0.25, 0.3) is 0 Å². The molecule has 0 unspecified atom stereocenters. The fourth-order valence-corrected chi connectivity index (χ4v) is 4.04. The fraction of sp³-hybridized carbons (Fsp3) is 0.154. The summed E-state index contributed by atoms with van der Waals surface area (Å²) in [6.45, 7) is 1.87. The third-order valence-electron chi connectivity index (χ3n) is 5.88. The number of rotatable bonds is 6. The zero-order chi connectivity index (χ0) is 26.1. The smallest absolute Gasteiger partial charge is 0.325 e. The van der Waals surface area contributed by atoms with Crippen LogP contribution in [0.5, 0.6) is 0 Å². The van der Waals surface area contributed by atoms with Crippen molar-refractivity contribution in [2.75, 3.05) is 5.32 Å². The summed E-state index contributed by atoms with van der Waals surface area (Å²) in [6.07, 6.45) is 5.59. The van der Waals surface area contributed by atoms with E-state index in [9.17, 15) is 19.2 Å². The number of nitrogens with zero attached hydrogens (tertiary/aromatic N) is 7.